The Morgan fingerprint density at radius 1 is 1.00 bits per heavy atom. The van der Waals surface area contributed by atoms with Crippen LogP contribution >= 0.6 is 11.3 Å². The molecule has 3 atom stereocenters. The van der Waals surface area contributed by atoms with Crippen molar-refractivity contribution < 1.29 is 9.59 Å². The normalized spacial score (nSPS) is 24.8. The van der Waals surface area contributed by atoms with Crippen LogP contribution < -0.4 is 10.6 Å². The summed E-state index contributed by atoms with van der Waals surface area (Å²) in [5.41, 5.74) is 1.44. The third-order valence-electron chi connectivity index (χ3n) is 5.21. The number of carbonyl (C=O) groups excluding carboxylic acids is 2. The van der Waals surface area contributed by atoms with E-state index in [1.165, 1.54) is 30.6 Å². The van der Waals surface area contributed by atoms with E-state index in [2.05, 4.69) is 10.6 Å². The molecule has 1 aromatic carbocycles. The standard InChI is InChI=1S/C19H20N2O2S/c22-18(16-10-12-6-7-13(16)9-12)20-14-3-1-4-15(11-14)21-19(23)17-5-2-8-24-17/h1-5,8,11-13,16H,6-7,9-10H2,(H,20,22)(H,21,23). The molecule has 1 heterocycles. The number of benzene rings is 1. The van der Waals surface area contributed by atoms with Crippen molar-refractivity contribution in [3.8, 4) is 0 Å². The number of amides is 2. The Balaban J connectivity index is 1.41. The molecule has 24 heavy (non-hydrogen) atoms. The van der Waals surface area contributed by atoms with E-state index in [-0.39, 0.29) is 17.7 Å². The Bertz CT molecular complexity index is 756. The van der Waals surface area contributed by atoms with Gasteiger partial charge in [0.25, 0.3) is 5.91 Å². The van der Waals surface area contributed by atoms with Gasteiger partial charge in [-0.25, -0.2) is 0 Å². The topological polar surface area (TPSA) is 58.2 Å². The van der Waals surface area contributed by atoms with Crippen molar-refractivity contribution in [3.05, 3.63) is 46.7 Å². The highest BCUT2D eigenvalue weighted by molar-refractivity contribution is 7.12. The van der Waals surface area contributed by atoms with Crippen molar-refractivity contribution in [2.45, 2.75) is 25.7 Å². The summed E-state index contributed by atoms with van der Waals surface area (Å²) in [6.45, 7) is 0. The summed E-state index contributed by atoms with van der Waals surface area (Å²) < 4.78 is 0. The van der Waals surface area contributed by atoms with Gasteiger partial charge in [0.1, 0.15) is 0 Å². The molecule has 0 spiro atoms. The zero-order chi connectivity index (χ0) is 16.5. The van der Waals surface area contributed by atoms with Gasteiger partial charge in [0.15, 0.2) is 0 Å². The summed E-state index contributed by atoms with van der Waals surface area (Å²) in [6, 6.07) is 11.0. The maximum Gasteiger partial charge on any atom is 0.265 e. The zero-order valence-electron chi connectivity index (χ0n) is 13.3. The minimum atomic E-state index is -0.124. The van der Waals surface area contributed by atoms with Crippen molar-refractivity contribution in [2.75, 3.05) is 10.6 Å². The number of thiophene rings is 1. The Morgan fingerprint density at radius 2 is 1.83 bits per heavy atom. The van der Waals surface area contributed by atoms with Crippen LogP contribution in [0.25, 0.3) is 0 Å². The maximum absolute atomic E-state index is 12.5. The van der Waals surface area contributed by atoms with Gasteiger partial charge in [-0.15, -0.1) is 11.3 Å². The smallest absolute Gasteiger partial charge is 0.265 e. The van der Waals surface area contributed by atoms with E-state index in [0.717, 1.165) is 18.0 Å². The summed E-state index contributed by atoms with van der Waals surface area (Å²) in [5.74, 6) is 1.48. The highest BCUT2D eigenvalue weighted by Gasteiger charge is 2.42. The van der Waals surface area contributed by atoms with Gasteiger partial charge in [-0.05, 0) is 60.7 Å². The van der Waals surface area contributed by atoms with Crippen LogP contribution in [-0.4, -0.2) is 11.8 Å². The number of rotatable bonds is 4. The van der Waals surface area contributed by atoms with Gasteiger partial charge >= 0.3 is 0 Å². The maximum atomic E-state index is 12.5. The van der Waals surface area contributed by atoms with E-state index in [1.807, 2.05) is 35.7 Å². The van der Waals surface area contributed by atoms with Crippen molar-refractivity contribution >= 4 is 34.5 Å². The van der Waals surface area contributed by atoms with Crippen molar-refractivity contribution in [1.82, 2.24) is 0 Å². The second-order valence-corrected chi connectivity index (χ2v) is 7.73. The minimum absolute atomic E-state index is 0.124. The fraction of sp³-hybridized carbons (Fsp3) is 0.368. The van der Waals surface area contributed by atoms with Gasteiger partial charge in [-0.1, -0.05) is 18.6 Å². The molecule has 2 N–H and O–H groups in total. The lowest BCUT2D eigenvalue weighted by atomic mass is 9.88. The first-order chi connectivity index (χ1) is 11.7. The molecule has 5 heteroatoms. The molecule has 3 unspecified atom stereocenters. The third kappa shape index (κ3) is 3.08. The average molecular weight is 340 g/mol. The molecule has 2 bridgehead atoms. The summed E-state index contributed by atoms with van der Waals surface area (Å²) in [5, 5.41) is 7.78. The fourth-order valence-corrected chi connectivity index (χ4v) is 4.69. The van der Waals surface area contributed by atoms with E-state index in [0.29, 0.717) is 16.5 Å². The molecule has 0 radical (unpaired) electrons. The predicted octanol–water partition coefficient (Wildman–Crippen LogP) is 4.38. The average Bonchev–Trinajstić information content (AvgIpc) is 3.32. The SMILES string of the molecule is O=C(Nc1cccc(NC(=O)C2CC3CCC2C3)c1)c1cccs1. The number of anilines is 2. The van der Waals surface area contributed by atoms with Gasteiger partial charge < -0.3 is 10.6 Å². The van der Waals surface area contributed by atoms with Crippen molar-refractivity contribution in [3.63, 3.8) is 0 Å². The first-order valence-electron chi connectivity index (χ1n) is 8.45. The van der Waals surface area contributed by atoms with Gasteiger partial charge in [-0.3, -0.25) is 9.59 Å². The first-order valence-corrected chi connectivity index (χ1v) is 9.33. The quantitative estimate of drug-likeness (QED) is 0.868. The third-order valence-corrected chi connectivity index (χ3v) is 6.08. The molecule has 4 nitrogen and oxygen atoms in total. The Kier molecular flexibility index (Phi) is 4.10. The van der Waals surface area contributed by atoms with E-state index in [1.54, 1.807) is 6.07 Å². The number of hydrogen-bond acceptors (Lipinski definition) is 3. The molecule has 2 saturated carbocycles. The van der Waals surface area contributed by atoms with Crippen LogP contribution in [0.4, 0.5) is 11.4 Å². The molecular formula is C19H20N2O2S. The van der Waals surface area contributed by atoms with Crippen LogP contribution in [0.1, 0.15) is 35.4 Å². The molecule has 2 aromatic rings. The van der Waals surface area contributed by atoms with Crippen LogP contribution in [0.2, 0.25) is 0 Å². The molecule has 2 fully saturated rings. The van der Waals surface area contributed by atoms with Gasteiger partial charge in [0.2, 0.25) is 5.91 Å². The van der Waals surface area contributed by atoms with Crippen LogP contribution in [-0.2, 0) is 4.79 Å². The first kappa shape index (κ1) is 15.4. The van der Waals surface area contributed by atoms with Crippen LogP contribution in [0.5, 0.6) is 0 Å². The van der Waals surface area contributed by atoms with E-state index in [4.69, 9.17) is 0 Å². The predicted molar refractivity (Wildman–Crippen MR) is 96.3 cm³/mol. The van der Waals surface area contributed by atoms with Crippen molar-refractivity contribution in [1.29, 1.82) is 0 Å². The molecule has 0 aliphatic heterocycles. The molecule has 2 aliphatic carbocycles. The van der Waals surface area contributed by atoms with Crippen LogP contribution in [0, 0.1) is 17.8 Å². The molecular weight excluding hydrogens is 320 g/mol. The minimum Gasteiger partial charge on any atom is -0.326 e. The highest BCUT2D eigenvalue weighted by atomic mass is 32.1. The largest absolute Gasteiger partial charge is 0.326 e. The van der Waals surface area contributed by atoms with E-state index in [9.17, 15) is 9.59 Å². The molecule has 2 aliphatic rings. The molecule has 1 aromatic heterocycles. The highest BCUT2D eigenvalue weighted by Crippen LogP contribution is 2.48. The second-order valence-electron chi connectivity index (χ2n) is 6.78. The number of hydrogen-bond donors (Lipinski definition) is 2. The van der Waals surface area contributed by atoms with E-state index < -0.39 is 0 Å². The summed E-state index contributed by atoms with van der Waals surface area (Å²) in [7, 11) is 0. The number of carbonyl (C=O) groups is 2. The van der Waals surface area contributed by atoms with E-state index >= 15 is 0 Å². The number of nitrogens with one attached hydrogen (secondary N) is 2. The molecule has 124 valence electrons. The monoisotopic (exact) mass is 340 g/mol. The van der Waals surface area contributed by atoms with Crippen LogP contribution in [0.3, 0.4) is 0 Å². The lowest BCUT2D eigenvalue weighted by Crippen LogP contribution is -2.27. The van der Waals surface area contributed by atoms with Gasteiger partial charge in [-0.2, -0.15) is 0 Å². The summed E-state index contributed by atoms with van der Waals surface area (Å²) in [6.07, 6.45) is 4.73. The fourth-order valence-electron chi connectivity index (χ4n) is 4.08. The summed E-state index contributed by atoms with van der Waals surface area (Å²) >= 11 is 1.41. The second kappa shape index (κ2) is 6.40. The Morgan fingerprint density at radius 3 is 2.50 bits per heavy atom. The lowest BCUT2D eigenvalue weighted by Gasteiger charge is -2.21. The molecule has 0 saturated heterocycles. The summed E-state index contributed by atoms with van der Waals surface area (Å²) in [4.78, 5) is 25.3. The molecule has 4 rings (SSSR count). The Labute approximate surface area is 145 Å². The Hall–Kier alpha value is -2.14. The molecule has 2 amide bonds. The van der Waals surface area contributed by atoms with Gasteiger partial charge in [0.05, 0.1) is 4.88 Å². The van der Waals surface area contributed by atoms with Crippen molar-refractivity contribution in [2.24, 2.45) is 17.8 Å². The van der Waals surface area contributed by atoms with Gasteiger partial charge in [0, 0.05) is 17.3 Å². The lowest BCUT2D eigenvalue weighted by molar-refractivity contribution is -0.121. The number of fused-ring (bicyclic) bond motifs is 2. The zero-order valence-corrected chi connectivity index (χ0v) is 14.1. The van der Waals surface area contributed by atoms with Crippen LogP contribution in [0.15, 0.2) is 41.8 Å².